The van der Waals surface area contributed by atoms with Gasteiger partial charge >= 0.3 is 0 Å². The highest BCUT2D eigenvalue weighted by atomic mass is 35.5. The van der Waals surface area contributed by atoms with Gasteiger partial charge in [-0.1, -0.05) is 29.8 Å². The van der Waals surface area contributed by atoms with Gasteiger partial charge in [-0.3, -0.25) is 4.79 Å². The van der Waals surface area contributed by atoms with Crippen LogP contribution in [0.15, 0.2) is 48.5 Å². The molecule has 0 N–H and O–H groups in total. The number of carbonyl (C=O) groups is 1. The number of rotatable bonds is 4. The van der Waals surface area contributed by atoms with E-state index in [1.807, 2.05) is 17.0 Å². The Kier molecular flexibility index (Phi) is 5.61. The molecular weight excluding hydrogens is 334 g/mol. The van der Waals surface area contributed by atoms with Gasteiger partial charge in [0.05, 0.1) is 0 Å². The number of benzene rings is 2. The molecule has 1 saturated heterocycles. The molecule has 0 atom stereocenters. The summed E-state index contributed by atoms with van der Waals surface area (Å²) in [5.74, 6) is 0.0588. The van der Waals surface area contributed by atoms with Crippen LogP contribution in [0.2, 0.25) is 5.02 Å². The lowest BCUT2D eigenvalue weighted by Gasteiger charge is -2.36. The molecule has 3 rings (SSSR count). The smallest absolute Gasteiger partial charge is 0.254 e. The summed E-state index contributed by atoms with van der Waals surface area (Å²) in [5.41, 5.74) is 3.20. The minimum absolute atomic E-state index is 0.0588. The molecule has 0 aromatic heterocycles. The van der Waals surface area contributed by atoms with Gasteiger partial charge in [0.25, 0.3) is 5.91 Å². The highest BCUT2D eigenvalue weighted by Gasteiger charge is 2.22. The van der Waals surface area contributed by atoms with Crippen molar-refractivity contribution < 1.29 is 4.79 Å². The molecular formula is C20H24ClN3O. The highest BCUT2D eigenvalue weighted by Crippen LogP contribution is 2.20. The summed E-state index contributed by atoms with van der Waals surface area (Å²) in [7, 11) is 4.15. The van der Waals surface area contributed by atoms with E-state index in [1.54, 1.807) is 12.1 Å². The van der Waals surface area contributed by atoms with Crippen LogP contribution in [0.1, 0.15) is 15.9 Å². The maximum Gasteiger partial charge on any atom is 0.254 e. The van der Waals surface area contributed by atoms with Gasteiger partial charge in [0.1, 0.15) is 0 Å². The summed E-state index contributed by atoms with van der Waals surface area (Å²) in [6.07, 6.45) is 0. The normalized spacial score (nSPS) is 14.9. The van der Waals surface area contributed by atoms with E-state index in [2.05, 4.69) is 48.2 Å². The average molecular weight is 358 g/mol. The molecule has 0 spiro atoms. The molecule has 5 heteroatoms. The first-order valence-electron chi connectivity index (χ1n) is 8.56. The monoisotopic (exact) mass is 357 g/mol. The maximum absolute atomic E-state index is 12.6. The zero-order valence-electron chi connectivity index (χ0n) is 14.8. The molecule has 1 fully saturated rings. The van der Waals surface area contributed by atoms with Crippen LogP contribution in [0, 0.1) is 0 Å². The Morgan fingerprint density at radius 2 is 1.76 bits per heavy atom. The first-order chi connectivity index (χ1) is 12.0. The summed E-state index contributed by atoms with van der Waals surface area (Å²) in [6, 6.07) is 15.8. The van der Waals surface area contributed by atoms with E-state index in [0.717, 1.165) is 32.7 Å². The quantitative estimate of drug-likeness (QED) is 0.839. The first-order valence-corrected chi connectivity index (χ1v) is 8.94. The summed E-state index contributed by atoms with van der Waals surface area (Å²) in [4.78, 5) is 19.0. The lowest BCUT2D eigenvalue weighted by Crippen LogP contribution is -2.48. The summed E-state index contributed by atoms with van der Waals surface area (Å²) < 4.78 is 0. The molecule has 132 valence electrons. The van der Waals surface area contributed by atoms with E-state index < -0.39 is 0 Å². The van der Waals surface area contributed by atoms with Crippen LogP contribution in [-0.4, -0.2) is 56.0 Å². The standard InChI is InChI=1S/C20H24ClN3O/c1-22(2)15-16-5-3-8-19(13-16)23-9-11-24(12-10-23)20(25)17-6-4-7-18(21)14-17/h3-8,13-14H,9-12,15H2,1-2H3. The third-order valence-corrected chi connectivity index (χ3v) is 4.65. The number of amides is 1. The van der Waals surface area contributed by atoms with Crippen LogP contribution in [0.3, 0.4) is 0 Å². The number of halogens is 1. The van der Waals surface area contributed by atoms with Crippen LogP contribution < -0.4 is 4.90 Å². The molecule has 1 heterocycles. The van der Waals surface area contributed by atoms with E-state index in [1.165, 1.54) is 11.3 Å². The summed E-state index contributed by atoms with van der Waals surface area (Å²) in [6.45, 7) is 4.07. The Hall–Kier alpha value is -2.04. The molecule has 0 aliphatic carbocycles. The lowest BCUT2D eigenvalue weighted by atomic mass is 10.1. The molecule has 1 amide bonds. The van der Waals surface area contributed by atoms with Gasteiger partial charge in [-0.15, -0.1) is 0 Å². The molecule has 0 unspecified atom stereocenters. The third-order valence-electron chi connectivity index (χ3n) is 4.41. The third kappa shape index (κ3) is 4.53. The Labute approximate surface area is 154 Å². The molecule has 2 aromatic rings. The Morgan fingerprint density at radius 3 is 2.44 bits per heavy atom. The van der Waals surface area contributed by atoms with Crippen molar-refractivity contribution >= 4 is 23.2 Å². The Bertz CT molecular complexity index is 739. The van der Waals surface area contributed by atoms with Crippen LogP contribution >= 0.6 is 11.6 Å². The first kappa shape index (κ1) is 17.8. The number of piperazine rings is 1. The van der Waals surface area contributed by atoms with Crippen molar-refractivity contribution in [2.45, 2.75) is 6.54 Å². The molecule has 4 nitrogen and oxygen atoms in total. The fourth-order valence-corrected chi connectivity index (χ4v) is 3.38. The molecule has 1 aliphatic rings. The summed E-state index contributed by atoms with van der Waals surface area (Å²) >= 11 is 6.00. The van der Waals surface area contributed by atoms with E-state index in [-0.39, 0.29) is 5.91 Å². The largest absolute Gasteiger partial charge is 0.368 e. The number of hydrogen-bond donors (Lipinski definition) is 0. The fraction of sp³-hybridized carbons (Fsp3) is 0.350. The topological polar surface area (TPSA) is 26.8 Å². The molecule has 1 aliphatic heterocycles. The van der Waals surface area contributed by atoms with Crippen molar-refractivity contribution in [1.29, 1.82) is 0 Å². The number of hydrogen-bond acceptors (Lipinski definition) is 3. The van der Waals surface area contributed by atoms with Crippen molar-refractivity contribution in [3.05, 3.63) is 64.7 Å². The van der Waals surface area contributed by atoms with E-state index in [9.17, 15) is 4.79 Å². The molecule has 0 saturated carbocycles. The zero-order valence-corrected chi connectivity index (χ0v) is 15.5. The van der Waals surface area contributed by atoms with Crippen LogP contribution in [0.25, 0.3) is 0 Å². The maximum atomic E-state index is 12.6. The number of anilines is 1. The van der Waals surface area contributed by atoms with Crippen molar-refractivity contribution in [1.82, 2.24) is 9.80 Å². The predicted octanol–water partition coefficient (Wildman–Crippen LogP) is 3.36. The molecule has 25 heavy (non-hydrogen) atoms. The fourth-order valence-electron chi connectivity index (χ4n) is 3.19. The van der Waals surface area contributed by atoms with Crippen LogP contribution in [0.4, 0.5) is 5.69 Å². The highest BCUT2D eigenvalue weighted by molar-refractivity contribution is 6.30. The van der Waals surface area contributed by atoms with E-state index >= 15 is 0 Å². The Morgan fingerprint density at radius 1 is 1.04 bits per heavy atom. The van der Waals surface area contributed by atoms with Crippen molar-refractivity contribution in [2.75, 3.05) is 45.2 Å². The number of carbonyl (C=O) groups excluding carboxylic acids is 1. The van der Waals surface area contributed by atoms with Crippen molar-refractivity contribution in [3.63, 3.8) is 0 Å². The van der Waals surface area contributed by atoms with Gasteiger partial charge < -0.3 is 14.7 Å². The van der Waals surface area contributed by atoms with E-state index in [4.69, 9.17) is 11.6 Å². The summed E-state index contributed by atoms with van der Waals surface area (Å²) in [5, 5.41) is 0.599. The predicted molar refractivity (Wildman–Crippen MR) is 103 cm³/mol. The van der Waals surface area contributed by atoms with Crippen LogP contribution in [0.5, 0.6) is 0 Å². The second-order valence-electron chi connectivity index (χ2n) is 6.70. The zero-order chi connectivity index (χ0) is 17.8. The molecule has 2 aromatic carbocycles. The second kappa shape index (κ2) is 7.89. The van der Waals surface area contributed by atoms with Gasteiger partial charge in [-0.25, -0.2) is 0 Å². The minimum atomic E-state index is 0.0588. The SMILES string of the molecule is CN(C)Cc1cccc(N2CCN(C(=O)c3cccc(Cl)c3)CC2)c1. The lowest BCUT2D eigenvalue weighted by molar-refractivity contribution is 0.0747. The van der Waals surface area contributed by atoms with Gasteiger partial charge in [0, 0.05) is 49.0 Å². The van der Waals surface area contributed by atoms with Gasteiger partial charge in [-0.05, 0) is 50.0 Å². The molecule has 0 radical (unpaired) electrons. The van der Waals surface area contributed by atoms with Crippen LogP contribution in [-0.2, 0) is 6.54 Å². The Balaban J connectivity index is 1.63. The van der Waals surface area contributed by atoms with Gasteiger partial charge in [-0.2, -0.15) is 0 Å². The van der Waals surface area contributed by atoms with Gasteiger partial charge in [0.2, 0.25) is 0 Å². The van der Waals surface area contributed by atoms with E-state index in [0.29, 0.717) is 10.6 Å². The van der Waals surface area contributed by atoms with Gasteiger partial charge in [0.15, 0.2) is 0 Å². The minimum Gasteiger partial charge on any atom is -0.368 e. The molecule has 0 bridgehead atoms. The van der Waals surface area contributed by atoms with Crippen molar-refractivity contribution in [2.24, 2.45) is 0 Å². The average Bonchev–Trinajstić information content (AvgIpc) is 2.61. The van der Waals surface area contributed by atoms with Crippen molar-refractivity contribution in [3.8, 4) is 0 Å². The second-order valence-corrected chi connectivity index (χ2v) is 7.13. The number of nitrogens with zero attached hydrogens (tertiary/aromatic N) is 3.